The smallest absolute Gasteiger partial charge is 0.271 e. The van der Waals surface area contributed by atoms with Gasteiger partial charge in [-0.25, -0.2) is 5.43 Å². The zero-order valence-corrected chi connectivity index (χ0v) is 20.4. The van der Waals surface area contributed by atoms with E-state index in [1.54, 1.807) is 42.5 Å². The second-order valence-electron chi connectivity index (χ2n) is 6.68. The number of hydrazone groups is 1. The summed E-state index contributed by atoms with van der Waals surface area (Å²) < 4.78 is 12.5. The van der Waals surface area contributed by atoms with Crippen molar-refractivity contribution in [3.8, 4) is 11.5 Å². The van der Waals surface area contributed by atoms with Crippen LogP contribution in [0.4, 0.5) is 5.69 Å². The number of nitrogens with one attached hydrogen (secondary N) is 1. The normalized spacial score (nSPS) is 10.8. The van der Waals surface area contributed by atoms with Crippen LogP contribution in [0.1, 0.15) is 28.4 Å². The third kappa shape index (κ3) is 6.90. The van der Waals surface area contributed by atoms with Crippen LogP contribution in [0.3, 0.4) is 0 Å². The molecule has 0 aliphatic heterocycles. The lowest BCUT2D eigenvalue weighted by atomic mass is 10.2. The highest BCUT2D eigenvalue weighted by Crippen LogP contribution is 2.34. The number of ether oxygens (including phenoxy) is 2. The van der Waals surface area contributed by atoms with E-state index >= 15 is 0 Å². The maximum atomic E-state index is 12.2. The zero-order valence-electron chi connectivity index (χ0n) is 17.5. The van der Waals surface area contributed by atoms with Crippen molar-refractivity contribution < 1.29 is 19.2 Å². The van der Waals surface area contributed by atoms with Gasteiger partial charge in [-0.2, -0.15) is 5.10 Å². The molecule has 0 unspecified atom stereocenters. The van der Waals surface area contributed by atoms with E-state index in [4.69, 9.17) is 21.1 Å². The van der Waals surface area contributed by atoms with Crippen LogP contribution in [0.5, 0.6) is 11.5 Å². The number of nitro benzene ring substituents is 1. The van der Waals surface area contributed by atoms with E-state index < -0.39 is 4.92 Å². The molecule has 0 spiro atoms. The molecule has 3 aromatic rings. The highest BCUT2D eigenvalue weighted by atomic mass is 127. The molecule has 0 aromatic heterocycles. The number of carbonyl (C=O) groups is 1. The first kappa shape index (κ1) is 24.5. The Labute approximate surface area is 208 Å². The monoisotopic (exact) mass is 579 g/mol. The van der Waals surface area contributed by atoms with Crippen molar-refractivity contribution in [2.45, 2.75) is 13.5 Å². The predicted octanol–water partition coefficient (Wildman–Crippen LogP) is 5.59. The number of rotatable bonds is 9. The van der Waals surface area contributed by atoms with Crippen LogP contribution in [0.2, 0.25) is 5.02 Å². The molecule has 0 aliphatic carbocycles. The third-order valence-corrected chi connectivity index (χ3v) is 5.40. The number of halogens is 2. The van der Waals surface area contributed by atoms with Gasteiger partial charge >= 0.3 is 0 Å². The van der Waals surface area contributed by atoms with Gasteiger partial charge in [-0.15, -0.1) is 0 Å². The maximum Gasteiger partial charge on any atom is 0.271 e. The SMILES string of the molecule is CCOc1cc(/C=N\NC(=O)c2ccc(Cl)cc2)cc(I)c1OCc1ccc([N+](=O)[O-])cc1. The van der Waals surface area contributed by atoms with Gasteiger partial charge in [0, 0.05) is 22.7 Å². The fourth-order valence-corrected chi connectivity index (χ4v) is 3.67. The van der Waals surface area contributed by atoms with Gasteiger partial charge < -0.3 is 9.47 Å². The van der Waals surface area contributed by atoms with Crippen LogP contribution in [-0.4, -0.2) is 23.7 Å². The first-order valence-corrected chi connectivity index (χ1v) is 11.2. The molecule has 1 amide bonds. The van der Waals surface area contributed by atoms with Gasteiger partial charge in [0.15, 0.2) is 11.5 Å². The van der Waals surface area contributed by atoms with Crippen molar-refractivity contribution in [3.05, 3.63) is 96.1 Å². The number of amides is 1. The summed E-state index contributed by atoms with van der Waals surface area (Å²) in [4.78, 5) is 22.5. The summed E-state index contributed by atoms with van der Waals surface area (Å²) in [7, 11) is 0. The van der Waals surface area contributed by atoms with E-state index in [1.807, 2.05) is 13.0 Å². The highest BCUT2D eigenvalue weighted by Gasteiger charge is 2.13. The highest BCUT2D eigenvalue weighted by molar-refractivity contribution is 14.1. The Morgan fingerprint density at radius 2 is 1.85 bits per heavy atom. The molecule has 8 nitrogen and oxygen atoms in total. The molecular weight excluding hydrogens is 561 g/mol. The fraction of sp³-hybridized carbons (Fsp3) is 0.130. The van der Waals surface area contributed by atoms with E-state index in [-0.39, 0.29) is 18.2 Å². The number of hydrogen-bond donors (Lipinski definition) is 1. The van der Waals surface area contributed by atoms with Crippen molar-refractivity contribution in [2.24, 2.45) is 5.10 Å². The maximum absolute atomic E-state index is 12.2. The Bertz CT molecular complexity index is 1170. The molecule has 0 heterocycles. The summed E-state index contributed by atoms with van der Waals surface area (Å²) in [5.74, 6) is 0.723. The summed E-state index contributed by atoms with van der Waals surface area (Å²) in [6, 6.07) is 16.3. The van der Waals surface area contributed by atoms with Crippen molar-refractivity contribution in [3.63, 3.8) is 0 Å². The molecule has 3 rings (SSSR count). The van der Waals surface area contributed by atoms with E-state index in [0.717, 1.165) is 9.13 Å². The first-order chi connectivity index (χ1) is 15.9. The molecule has 10 heteroatoms. The quantitative estimate of drug-likeness (QED) is 0.154. The molecular formula is C23H19ClIN3O5. The van der Waals surface area contributed by atoms with Crippen molar-refractivity contribution >= 4 is 52.0 Å². The molecule has 0 fully saturated rings. The lowest BCUT2D eigenvalue weighted by molar-refractivity contribution is -0.384. The van der Waals surface area contributed by atoms with Crippen LogP contribution < -0.4 is 14.9 Å². The molecule has 170 valence electrons. The van der Waals surface area contributed by atoms with Crippen molar-refractivity contribution in [2.75, 3.05) is 6.61 Å². The largest absolute Gasteiger partial charge is 0.490 e. The lowest BCUT2D eigenvalue weighted by Gasteiger charge is -2.14. The predicted molar refractivity (Wildman–Crippen MR) is 134 cm³/mol. The Hall–Kier alpha value is -3.18. The van der Waals surface area contributed by atoms with Gasteiger partial charge in [0.25, 0.3) is 11.6 Å². The van der Waals surface area contributed by atoms with Gasteiger partial charge in [-0.05, 0) is 89.2 Å². The molecule has 0 radical (unpaired) electrons. The molecule has 0 saturated heterocycles. The molecule has 1 N–H and O–H groups in total. The standard InChI is InChI=1S/C23H19ClIN3O5/c1-2-32-21-12-16(13-26-27-23(29)17-5-7-18(24)8-6-17)11-20(25)22(21)33-14-15-3-9-19(10-4-15)28(30)31/h3-13H,2,14H2,1H3,(H,27,29)/b26-13-. The Morgan fingerprint density at radius 1 is 1.15 bits per heavy atom. The summed E-state index contributed by atoms with van der Waals surface area (Å²) >= 11 is 7.96. The van der Waals surface area contributed by atoms with Gasteiger partial charge in [-0.1, -0.05) is 11.6 Å². The van der Waals surface area contributed by atoms with Gasteiger partial charge in [0.1, 0.15) is 6.61 Å². The number of nitrogens with zero attached hydrogens (tertiary/aromatic N) is 2. The summed E-state index contributed by atoms with van der Waals surface area (Å²) in [5.41, 5.74) is 4.44. The first-order valence-electron chi connectivity index (χ1n) is 9.79. The second-order valence-corrected chi connectivity index (χ2v) is 8.28. The van der Waals surface area contributed by atoms with Crippen molar-refractivity contribution in [1.29, 1.82) is 0 Å². The Morgan fingerprint density at radius 3 is 2.48 bits per heavy atom. The molecule has 33 heavy (non-hydrogen) atoms. The Kier molecular flexibility index (Phi) is 8.61. The molecule has 0 saturated carbocycles. The number of benzene rings is 3. The van der Waals surface area contributed by atoms with Gasteiger partial charge in [-0.3, -0.25) is 14.9 Å². The van der Waals surface area contributed by atoms with Crippen LogP contribution >= 0.6 is 34.2 Å². The average Bonchev–Trinajstić information content (AvgIpc) is 2.79. The minimum absolute atomic E-state index is 0.0233. The Balaban J connectivity index is 1.70. The van der Waals surface area contributed by atoms with Crippen LogP contribution in [0.15, 0.2) is 65.8 Å². The molecule has 3 aromatic carbocycles. The topological polar surface area (TPSA) is 103 Å². The van der Waals surface area contributed by atoms with Crippen LogP contribution in [0, 0.1) is 13.7 Å². The lowest BCUT2D eigenvalue weighted by Crippen LogP contribution is -2.17. The summed E-state index contributed by atoms with van der Waals surface area (Å²) in [5, 5.41) is 15.4. The minimum atomic E-state index is -0.446. The van der Waals surface area contributed by atoms with E-state index in [1.165, 1.54) is 18.3 Å². The van der Waals surface area contributed by atoms with E-state index in [2.05, 4.69) is 33.1 Å². The average molecular weight is 580 g/mol. The zero-order chi connectivity index (χ0) is 23.8. The van der Waals surface area contributed by atoms with Gasteiger partial charge in [0.2, 0.25) is 0 Å². The number of nitro groups is 1. The number of non-ortho nitro benzene ring substituents is 1. The van der Waals surface area contributed by atoms with Crippen LogP contribution in [-0.2, 0) is 6.61 Å². The second kappa shape index (κ2) is 11.6. The number of hydrogen-bond acceptors (Lipinski definition) is 6. The van der Waals surface area contributed by atoms with Crippen molar-refractivity contribution in [1.82, 2.24) is 5.43 Å². The number of carbonyl (C=O) groups excluding carboxylic acids is 1. The molecule has 0 bridgehead atoms. The minimum Gasteiger partial charge on any atom is -0.490 e. The third-order valence-electron chi connectivity index (χ3n) is 4.35. The summed E-state index contributed by atoms with van der Waals surface area (Å²) in [6.07, 6.45) is 1.51. The summed E-state index contributed by atoms with van der Waals surface area (Å²) in [6.45, 7) is 2.51. The fourth-order valence-electron chi connectivity index (χ4n) is 2.77. The van der Waals surface area contributed by atoms with E-state index in [9.17, 15) is 14.9 Å². The molecule has 0 aliphatic rings. The van der Waals surface area contributed by atoms with E-state index in [0.29, 0.717) is 34.3 Å². The van der Waals surface area contributed by atoms with Crippen LogP contribution in [0.25, 0.3) is 0 Å². The van der Waals surface area contributed by atoms with Gasteiger partial charge in [0.05, 0.1) is 21.3 Å². The molecule has 0 atom stereocenters.